The maximum absolute atomic E-state index is 10.9. The lowest BCUT2D eigenvalue weighted by molar-refractivity contribution is -0.148. The quantitative estimate of drug-likeness (QED) is 0.877. The van der Waals surface area contributed by atoms with Gasteiger partial charge in [-0.25, -0.2) is 4.79 Å². The topological polar surface area (TPSA) is 55.8 Å². The normalized spacial score (nSPS) is 11.8. The molecule has 20 heavy (non-hydrogen) atoms. The number of benzene rings is 2. The molecule has 2 aromatic rings. The molecular weight excluding hydrogens is 256 g/mol. The Morgan fingerprint density at radius 1 is 1.05 bits per heavy atom. The molecule has 104 valence electrons. The number of hydrogen-bond donors (Lipinski definition) is 1. The lowest BCUT2D eigenvalue weighted by Crippen LogP contribution is -2.24. The van der Waals surface area contributed by atoms with Crippen LogP contribution in [0.25, 0.3) is 0 Å². The number of aliphatic carboxylic acids is 1. The van der Waals surface area contributed by atoms with E-state index < -0.39 is 12.1 Å². The van der Waals surface area contributed by atoms with Crippen molar-refractivity contribution in [1.29, 1.82) is 0 Å². The van der Waals surface area contributed by atoms with Crippen molar-refractivity contribution in [3.63, 3.8) is 0 Å². The predicted molar refractivity (Wildman–Crippen MR) is 75.1 cm³/mol. The lowest BCUT2D eigenvalue weighted by atomic mass is 10.1. The molecule has 0 bridgehead atoms. The van der Waals surface area contributed by atoms with Crippen molar-refractivity contribution in [2.75, 3.05) is 7.11 Å². The Bertz CT molecular complexity index is 548. The lowest BCUT2D eigenvalue weighted by Gasteiger charge is -2.11. The summed E-state index contributed by atoms with van der Waals surface area (Å²) in [6.45, 7) is 0. The molecule has 0 radical (unpaired) electrons. The Morgan fingerprint density at radius 3 is 2.20 bits per heavy atom. The van der Waals surface area contributed by atoms with E-state index in [1.165, 1.54) is 7.11 Å². The molecule has 1 atom stereocenters. The van der Waals surface area contributed by atoms with Gasteiger partial charge in [-0.05, 0) is 29.8 Å². The fourth-order valence-electron chi connectivity index (χ4n) is 1.80. The summed E-state index contributed by atoms with van der Waals surface area (Å²) in [5.74, 6) is 0.516. The third-order valence-corrected chi connectivity index (χ3v) is 2.88. The van der Waals surface area contributed by atoms with Gasteiger partial charge in [0.25, 0.3) is 0 Å². The fourth-order valence-corrected chi connectivity index (χ4v) is 1.80. The zero-order valence-electron chi connectivity index (χ0n) is 11.2. The fraction of sp³-hybridized carbons (Fsp3) is 0.188. The molecule has 4 nitrogen and oxygen atoms in total. The molecule has 0 amide bonds. The summed E-state index contributed by atoms with van der Waals surface area (Å²) >= 11 is 0. The second-order valence-electron chi connectivity index (χ2n) is 4.33. The average Bonchev–Trinajstić information content (AvgIpc) is 2.47. The monoisotopic (exact) mass is 272 g/mol. The summed E-state index contributed by atoms with van der Waals surface area (Å²) in [7, 11) is 1.39. The Morgan fingerprint density at radius 2 is 1.65 bits per heavy atom. The van der Waals surface area contributed by atoms with Gasteiger partial charge in [-0.3, -0.25) is 0 Å². The van der Waals surface area contributed by atoms with Crippen LogP contribution in [0.15, 0.2) is 54.6 Å². The first-order valence-electron chi connectivity index (χ1n) is 6.26. The maximum atomic E-state index is 10.9. The van der Waals surface area contributed by atoms with Crippen molar-refractivity contribution in [1.82, 2.24) is 0 Å². The van der Waals surface area contributed by atoms with Crippen molar-refractivity contribution in [2.24, 2.45) is 0 Å². The standard InChI is InChI=1S/C16H16O4/c1-19-15(16(17)18)11-12-7-9-14(10-8-12)20-13-5-3-2-4-6-13/h2-10,15H,11H2,1H3,(H,17,18)/t15-/m0/s1. The Hall–Kier alpha value is -2.33. The number of ether oxygens (including phenoxy) is 2. The van der Waals surface area contributed by atoms with Crippen LogP contribution in [0.4, 0.5) is 0 Å². The Kier molecular flexibility index (Phi) is 4.74. The third-order valence-electron chi connectivity index (χ3n) is 2.88. The number of hydrogen-bond acceptors (Lipinski definition) is 3. The van der Waals surface area contributed by atoms with Crippen LogP contribution in [-0.2, 0) is 16.0 Å². The van der Waals surface area contributed by atoms with Crippen LogP contribution in [0.5, 0.6) is 11.5 Å². The molecule has 0 fully saturated rings. The van der Waals surface area contributed by atoms with Crippen LogP contribution < -0.4 is 4.74 Å². The van der Waals surface area contributed by atoms with Gasteiger partial charge in [0.2, 0.25) is 0 Å². The van der Waals surface area contributed by atoms with Gasteiger partial charge in [-0.1, -0.05) is 30.3 Å². The highest BCUT2D eigenvalue weighted by Crippen LogP contribution is 2.21. The molecule has 0 unspecified atom stereocenters. The molecule has 0 heterocycles. The molecule has 0 aliphatic heterocycles. The summed E-state index contributed by atoms with van der Waals surface area (Å²) in [5, 5.41) is 8.93. The minimum Gasteiger partial charge on any atom is -0.479 e. The second-order valence-corrected chi connectivity index (χ2v) is 4.33. The van der Waals surface area contributed by atoms with Crippen molar-refractivity contribution in [2.45, 2.75) is 12.5 Å². The Balaban J connectivity index is 2.01. The van der Waals surface area contributed by atoms with E-state index in [-0.39, 0.29) is 0 Å². The van der Waals surface area contributed by atoms with E-state index in [2.05, 4.69) is 0 Å². The summed E-state index contributed by atoms with van der Waals surface area (Å²) < 4.78 is 10.6. The molecule has 2 aromatic carbocycles. The molecule has 0 saturated heterocycles. The second kappa shape index (κ2) is 6.73. The number of carbonyl (C=O) groups is 1. The molecule has 0 saturated carbocycles. The SMILES string of the molecule is CO[C@@H](Cc1ccc(Oc2ccccc2)cc1)C(=O)O. The highest BCUT2D eigenvalue weighted by Gasteiger charge is 2.16. The van der Waals surface area contributed by atoms with E-state index in [1.807, 2.05) is 54.6 Å². The number of carboxylic acids is 1. The van der Waals surface area contributed by atoms with E-state index in [4.69, 9.17) is 14.6 Å². The largest absolute Gasteiger partial charge is 0.479 e. The van der Waals surface area contributed by atoms with E-state index in [9.17, 15) is 4.79 Å². The number of rotatable bonds is 6. The van der Waals surface area contributed by atoms with E-state index in [1.54, 1.807) is 0 Å². The highest BCUT2D eigenvalue weighted by atomic mass is 16.5. The molecule has 0 aliphatic carbocycles. The first-order chi connectivity index (χ1) is 9.69. The molecule has 1 N–H and O–H groups in total. The van der Waals surface area contributed by atoms with Crippen LogP contribution in [0.1, 0.15) is 5.56 Å². The number of methoxy groups -OCH3 is 1. The summed E-state index contributed by atoms with van der Waals surface area (Å²) in [6.07, 6.45) is -0.492. The van der Waals surface area contributed by atoms with Crippen molar-refractivity contribution < 1.29 is 19.4 Å². The summed E-state index contributed by atoms with van der Waals surface area (Å²) in [5.41, 5.74) is 0.889. The van der Waals surface area contributed by atoms with Crippen LogP contribution in [0, 0.1) is 0 Å². The van der Waals surface area contributed by atoms with E-state index in [0.717, 1.165) is 11.3 Å². The van der Waals surface area contributed by atoms with Crippen LogP contribution in [-0.4, -0.2) is 24.3 Å². The minimum atomic E-state index is -0.961. The molecule has 2 rings (SSSR count). The first-order valence-corrected chi connectivity index (χ1v) is 6.26. The zero-order valence-corrected chi connectivity index (χ0v) is 11.2. The Labute approximate surface area is 117 Å². The van der Waals surface area contributed by atoms with Gasteiger partial charge in [0, 0.05) is 13.5 Å². The smallest absolute Gasteiger partial charge is 0.333 e. The van der Waals surface area contributed by atoms with E-state index in [0.29, 0.717) is 12.2 Å². The zero-order chi connectivity index (χ0) is 14.4. The van der Waals surface area contributed by atoms with Crippen molar-refractivity contribution in [3.8, 4) is 11.5 Å². The summed E-state index contributed by atoms with van der Waals surface area (Å²) in [6, 6.07) is 16.8. The van der Waals surface area contributed by atoms with Gasteiger partial charge in [-0.15, -0.1) is 0 Å². The van der Waals surface area contributed by atoms with E-state index >= 15 is 0 Å². The van der Waals surface area contributed by atoms with Crippen LogP contribution >= 0.6 is 0 Å². The van der Waals surface area contributed by atoms with Gasteiger partial charge in [0.15, 0.2) is 6.10 Å². The molecule has 0 spiro atoms. The summed E-state index contributed by atoms with van der Waals surface area (Å²) in [4.78, 5) is 10.9. The number of carboxylic acid groups (broad SMARTS) is 1. The molecule has 4 heteroatoms. The molecular formula is C16H16O4. The van der Waals surface area contributed by atoms with Gasteiger partial charge in [0.05, 0.1) is 0 Å². The number of para-hydroxylation sites is 1. The first kappa shape index (κ1) is 14.1. The van der Waals surface area contributed by atoms with Crippen LogP contribution in [0.2, 0.25) is 0 Å². The molecule has 0 aromatic heterocycles. The minimum absolute atomic E-state index is 0.331. The van der Waals surface area contributed by atoms with Crippen molar-refractivity contribution >= 4 is 5.97 Å². The predicted octanol–water partition coefficient (Wildman–Crippen LogP) is 3.12. The molecule has 0 aliphatic rings. The third kappa shape index (κ3) is 3.83. The maximum Gasteiger partial charge on any atom is 0.333 e. The van der Waals surface area contributed by atoms with Gasteiger partial charge in [0.1, 0.15) is 11.5 Å². The average molecular weight is 272 g/mol. The van der Waals surface area contributed by atoms with Crippen molar-refractivity contribution in [3.05, 3.63) is 60.2 Å². The highest BCUT2D eigenvalue weighted by molar-refractivity contribution is 5.72. The van der Waals surface area contributed by atoms with Gasteiger partial charge in [-0.2, -0.15) is 0 Å². The van der Waals surface area contributed by atoms with Gasteiger partial charge >= 0.3 is 5.97 Å². The van der Waals surface area contributed by atoms with Crippen LogP contribution in [0.3, 0.4) is 0 Å². The van der Waals surface area contributed by atoms with Gasteiger partial charge < -0.3 is 14.6 Å².